The number of rotatable bonds is 7. The van der Waals surface area contributed by atoms with Gasteiger partial charge in [0.1, 0.15) is 5.75 Å². The minimum absolute atomic E-state index is 0.282. The molecule has 0 spiro atoms. The zero-order valence-electron chi connectivity index (χ0n) is 10.6. The zero-order chi connectivity index (χ0) is 17.2. The summed E-state index contributed by atoms with van der Waals surface area (Å²) >= 11 is 0. The number of alkyl halides is 8. The second kappa shape index (κ2) is 5.88. The van der Waals surface area contributed by atoms with E-state index >= 15 is 0 Å². The van der Waals surface area contributed by atoms with E-state index in [1.807, 2.05) is 0 Å². The quantitative estimate of drug-likeness (QED) is 0.542. The molecule has 0 bridgehead atoms. The van der Waals surface area contributed by atoms with Crippen molar-refractivity contribution in [1.29, 1.82) is 0 Å². The van der Waals surface area contributed by atoms with E-state index in [1.165, 1.54) is 18.2 Å². The van der Waals surface area contributed by atoms with Crippen LogP contribution in [0.5, 0.6) is 5.75 Å². The first-order valence-corrected chi connectivity index (χ1v) is 5.40. The molecule has 0 saturated carbocycles. The van der Waals surface area contributed by atoms with Crippen LogP contribution in [0.15, 0.2) is 30.3 Å². The van der Waals surface area contributed by atoms with E-state index in [4.69, 9.17) is 0 Å². The Morgan fingerprint density at radius 2 is 1.18 bits per heavy atom. The summed E-state index contributed by atoms with van der Waals surface area (Å²) in [5, 5.41) is 0. The predicted molar refractivity (Wildman–Crippen MR) is 54.7 cm³/mol. The van der Waals surface area contributed by atoms with Crippen LogP contribution in [0.3, 0.4) is 0 Å². The summed E-state index contributed by atoms with van der Waals surface area (Å²) in [7, 11) is 0. The van der Waals surface area contributed by atoms with Crippen molar-refractivity contribution in [3.05, 3.63) is 30.3 Å². The molecule has 0 unspecified atom stereocenters. The Balaban J connectivity index is 2.85. The molecule has 3 nitrogen and oxygen atoms in total. The van der Waals surface area contributed by atoms with Crippen LogP contribution in [0.1, 0.15) is 6.92 Å². The molecule has 11 heteroatoms. The highest BCUT2D eigenvalue weighted by Crippen LogP contribution is 2.43. The number of benzene rings is 1. The van der Waals surface area contributed by atoms with Crippen molar-refractivity contribution in [1.82, 2.24) is 0 Å². The molecule has 22 heavy (non-hydrogen) atoms. The third-order valence-electron chi connectivity index (χ3n) is 1.87. The number of ether oxygens (including phenoxy) is 3. The molecular weight excluding hydrogens is 332 g/mol. The molecule has 0 amide bonds. The van der Waals surface area contributed by atoms with Gasteiger partial charge in [-0.2, -0.15) is 26.3 Å². The van der Waals surface area contributed by atoms with E-state index in [0.717, 1.165) is 12.1 Å². The lowest BCUT2D eigenvalue weighted by molar-refractivity contribution is -0.533. The van der Waals surface area contributed by atoms with Crippen molar-refractivity contribution in [3.63, 3.8) is 0 Å². The monoisotopic (exact) mass is 340 g/mol. The summed E-state index contributed by atoms with van der Waals surface area (Å²) in [5.41, 5.74) is 0. The van der Waals surface area contributed by atoms with Gasteiger partial charge in [-0.15, -0.1) is 8.78 Å². The van der Waals surface area contributed by atoms with Crippen LogP contribution >= 0.6 is 0 Å². The maximum atomic E-state index is 13.1. The van der Waals surface area contributed by atoms with Crippen molar-refractivity contribution in [2.45, 2.75) is 31.5 Å². The van der Waals surface area contributed by atoms with Crippen molar-refractivity contribution >= 4 is 0 Å². The molecular formula is C11H8F8O3. The van der Waals surface area contributed by atoms with E-state index in [2.05, 4.69) is 14.2 Å². The van der Waals surface area contributed by atoms with Gasteiger partial charge in [-0.1, -0.05) is 18.2 Å². The second-order valence-corrected chi connectivity index (χ2v) is 3.92. The standard InChI is InChI=1S/C11H8F8O3/c1-8(12,13)21-9(14,15)10(16,17)22-11(18,19)20-7-5-3-2-4-6-7/h2-6H,1H3. The lowest BCUT2D eigenvalue weighted by atomic mass is 10.3. The highest BCUT2D eigenvalue weighted by atomic mass is 19.3. The SMILES string of the molecule is CC(F)(F)OC(F)(F)C(F)(F)OC(F)(F)Oc1ccccc1. The molecule has 0 aromatic heterocycles. The number of halogens is 8. The molecule has 0 saturated heterocycles. The van der Waals surface area contributed by atoms with Crippen molar-refractivity contribution in [2.75, 3.05) is 0 Å². The highest BCUT2D eigenvalue weighted by Gasteiger charge is 2.67. The van der Waals surface area contributed by atoms with Crippen LogP contribution in [0.2, 0.25) is 0 Å². The Morgan fingerprint density at radius 3 is 1.64 bits per heavy atom. The van der Waals surface area contributed by atoms with E-state index in [1.54, 1.807) is 0 Å². The van der Waals surface area contributed by atoms with Gasteiger partial charge >= 0.3 is 24.6 Å². The van der Waals surface area contributed by atoms with Crippen molar-refractivity contribution < 1.29 is 49.3 Å². The maximum absolute atomic E-state index is 13.1. The molecule has 0 aliphatic heterocycles. The highest BCUT2D eigenvalue weighted by molar-refractivity contribution is 5.21. The third-order valence-corrected chi connectivity index (χ3v) is 1.87. The largest absolute Gasteiger partial charge is 0.540 e. The first-order chi connectivity index (χ1) is 9.74. The van der Waals surface area contributed by atoms with Gasteiger partial charge < -0.3 is 4.74 Å². The van der Waals surface area contributed by atoms with E-state index in [9.17, 15) is 35.1 Å². The first-order valence-electron chi connectivity index (χ1n) is 5.40. The van der Waals surface area contributed by atoms with Crippen LogP contribution in [-0.2, 0) is 9.47 Å². The zero-order valence-corrected chi connectivity index (χ0v) is 10.6. The molecule has 0 atom stereocenters. The van der Waals surface area contributed by atoms with Crippen LogP contribution in [0.25, 0.3) is 0 Å². The predicted octanol–water partition coefficient (Wildman–Crippen LogP) is 4.45. The van der Waals surface area contributed by atoms with Crippen LogP contribution in [0, 0.1) is 0 Å². The Hall–Kier alpha value is -1.62. The lowest BCUT2D eigenvalue weighted by Crippen LogP contribution is -2.52. The smallest absolute Gasteiger partial charge is 0.409 e. The van der Waals surface area contributed by atoms with Gasteiger partial charge in [-0.05, 0) is 12.1 Å². The fraction of sp³-hybridized carbons (Fsp3) is 0.455. The number of hydrogen-bond acceptors (Lipinski definition) is 3. The van der Waals surface area contributed by atoms with Gasteiger partial charge in [0.05, 0.1) is 0 Å². The third kappa shape index (κ3) is 5.30. The molecule has 1 aromatic carbocycles. The summed E-state index contributed by atoms with van der Waals surface area (Å²) in [6, 6.07) is 5.51. The Bertz CT molecular complexity index is 486. The topological polar surface area (TPSA) is 27.7 Å². The summed E-state index contributed by atoms with van der Waals surface area (Å²) in [5.74, 6) is -0.687. The van der Waals surface area contributed by atoms with Crippen molar-refractivity contribution in [2.24, 2.45) is 0 Å². The summed E-state index contributed by atoms with van der Waals surface area (Å²) < 4.78 is 111. The molecule has 0 fully saturated rings. The van der Waals surface area contributed by atoms with Gasteiger partial charge in [-0.25, -0.2) is 9.47 Å². The Morgan fingerprint density at radius 1 is 0.727 bits per heavy atom. The summed E-state index contributed by atoms with van der Waals surface area (Å²) in [6.07, 6.45) is -22.1. The van der Waals surface area contributed by atoms with Crippen LogP contribution in [0.4, 0.5) is 35.1 Å². The van der Waals surface area contributed by atoms with E-state index < -0.39 is 30.4 Å². The fourth-order valence-electron chi connectivity index (χ4n) is 1.14. The molecule has 0 N–H and O–H groups in total. The van der Waals surface area contributed by atoms with Gasteiger partial charge in [0.2, 0.25) is 0 Å². The van der Waals surface area contributed by atoms with Crippen molar-refractivity contribution in [3.8, 4) is 5.75 Å². The molecule has 126 valence electrons. The molecule has 1 rings (SSSR count). The van der Waals surface area contributed by atoms with Crippen LogP contribution in [-0.4, -0.2) is 24.6 Å². The minimum atomic E-state index is -6.09. The lowest BCUT2D eigenvalue weighted by Gasteiger charge is -2.29. The number of hydrogen-bond donors (Lipinski definition) is 0. The molecule has 0 heterocycles. The van der Waals surface area contributed by atoms with Gasteiger partial charge in [0.15, 0.2) is 0 Å². The molecule has 0 aliphatic rings. The molecule has 0 aliphatic carbocycles. The van der Waals surface area contributed by atoms with Gasteiger partial charge in [0.25, 0.3) is 0 Å². The van der Waals surface area contributed by atoms with Crippen LogP contribution < -0.4 is 4.74 Å². The number of para-hydroxylation sites is 1. The maximum Gasteiger partial charge on any atom is 0.540 e. The molecule has 1 aromatic rings. The minimum Gasteiger partial charge on any atom is -0.409 e. The second-order valence-electron chi connectivity index (χ2n) is 3.92. The summed E-state index contributed by atoms with van der Waals surface area (Å²) in [6.45, 7) is -0.282. The summed E-state index contributed by atoms with van der Waals surface area (Å²) in [4.78, 5) is 0. The van der Waals surface area contributed by atoms with Gasteiger partial charge in [-0.3, -0.25) is 0 Å². The first kappa shape index (κ1) is 18.4. The van der Waals surface area contributed by atoms with E-state index in [-0.39, 0.29) is 6.92 Å². The Labute approximate surface area is 118 Å². The average molecular weight is 340 g/mol. The van der Waals surface area contributed by atoms with E-state index in [0.29, 0.717) is 0 Å². The normalized spacial score (nSPS) is 14.0. The fourth-order valence-corrected chi connectivity index (χ4v) is 1.14. The Kier molecular flexibility index (Phi) is 4.92. The molecule has 0 radical (unpaired) electrons. The van der Waals surface area contributed by atoms with Gasteiger partial charge in [0, 0.05) is 6.92 Å². The average Bonchev–Trinajstić information content (AvgIpc) is 2.24.